The molecular weight excluding hydrogens is 390 g/mol. The summed E-state index contributed by atoms with van der Waals surface area (Å²) in [7, 11) is 6.07. The molecule has 0 radical (unpaired) electrons. The number of benzene rings is 1. The fraction of sp³-hybridized carbons (Fsp3) is 0.571. The Bertz CT molecular complexity index is 804. The molecule has 8 heteroatoms. The van der Waals surface area contributed by atoms with Gasteiger partial charge in [0, 0.05) is 11.2 Å². The molecule has 0 N–H and O–H groups in total. The van der Waals surface area contributed by atoms with Gasteiger partial charge in [-0.1, -0.05) is 30.3 Å². The van der Waals surface area contributed by atoms with Gasteiger partial charge in [-0.3, -0.25) is 9.79 Å². The molecule has 2 aliphatic rings. The van der Waals surface area contributed by atoms with Crippen molar-refractivity contribution in [3.8, 4) is 0 Å². The van der Waals surface area contributed by atoms with Crippen molar-refractivity contribution in [1.29, 1.82) is 0 Å². The van der Waals surface area contributed by atoms with Crippen molar-refractivity contribution in [3.63, 3.8) is 0 Å². The predicted molar refractivity (Wildman–Crippen MR) is 111 cm³/mol. The Morgan fingerprint density at radius 3 is 2.55 bits per heavy atom. The number of likely N-dealkylation sites (N-methyl/N-ethyl adjacent to an activating group) is 1. The van der Waals surface area contributed by atoms with Crippen molar-refractivity contribution in [3.05, 3.63) is 35.9 Å². The van der Waals surface area contributed by atoms with E-state index < -0.39 is 16.8 Å². The van der Waals surface area contributed by atoms with Gasteiger partial charge in [-0.05, 0) is 25.3 Å². The van der Waals surface area contributed by atoms with Crippen LogP contribution in [0.15, 0.2) is 35.3 Å². The molecule has 1 aromatic carbocycles. The van der Waals surface area contributed by atoms with Gasteiger partial charge in [0.1, 0.15) is 24.6 Å². The number of esters is 1. The maximum Gasteiger partial charge on any atom is 0.330 e. The van der Waals surface area contributed by atoms with E-state index in [4.69, 9.17) is 4.74 Å². The van der Waals surface area contributed by atoms with Gasteiger partial charge < -0.3 is 19.2 Å². The molecule has 2 saturated heterocycles. The van der Waals surface area contributed by atoms with Gasteiger partial charge in [-0.15, -0.1) is 11.8 Å². The standard InChI is InChI=1S/C21H29N3O4S/c1-21(2)17(20(27)28-12-11-24(3,4)5)23-18(26)16(19(23)29-21)22-15(25)13-14-9-7-6-8-10-14/h6-10,16-17,19H,11-13H2,1-5H3. The molecule has 2 aliphatic heterocycles. The van der Waals surface area contributed by atoms with Crippen molar-refractivity contribution in [1.82, 2.24) is 4.90 Å². The van der Waals surface area contributed by atoms with Gasteiger partial charge in [-0.25, -0.2) is 4.79 Å². The first-order valence-corrected chi connectivity index (χ1v) is 10.6. The lowest BCUT2D eigenvalue weighted by atomic mass is 9.96. The Hall–Kier alpha value is -2.06. The smallest absolute Gasteiger partial charge is 0.330 e. The summed E-state index contributed by atoms with van der Waals surface area (Å²) < 4.78 is 5.66. The summed E-state index contributed by atoms with van der Waals surface area (Å²) in [6.45, 7) is 4.85. The third-order valence-corrected chi connectivity index (χ3v) is 6.68. The highest BCUT2D eigenvalue weighted by molar-refractivity contribution is 8.01. The number of ether oxygens (including phenoxy) is 1. The number of thioether (sulfide) groups is 1. The van der Waals surface area contributed by atoms with Gasteiger partial charge >= 0.3 is 5.97 Å². The Morgan fingerprint density at radius 2 is 1.93 bits per heavy atom. The fourth-order valence-corrected chi connectivity index (χ4v) is 5.17. The first kappa shape index (κ1) is 21.6. The highest BCUT2D eigenvalue weighted by Crippen LogP contribution is 2.51. The number of aliphatic imine (C=N–C) groups is 1. The van der Waals surface area contributed by atoms with Gasteiger partial charge in [0.05, 0.1) is 21.1 Å². The third-order valence-electron chi connectivity index (χ3n) is 5.12. The van der Waals surface area contributed by atoms with Crippen molar-refractivity contribution in [2.45, 2.75) is 42.5 Å². The van der Waals surface area contributed by atoms with Crippen LogP contribution < -0.4 is 5.11 Å². The number of nitrogens with zero attached hydrogens (tertiary/aromatic N) is 3. The van der Waals surface area contributed by atoms with Crippen LogP contribution in [-0.2, 0) is 20.7 Å². The normalized spacial score (nSPS) is 26.1. The quantitative estimate of drug-likeness (QED) is 0.213. The Kier molecular flexibility index (Phi) is 5.96. The number of fused-ring (bicyclic) bond motifs is 1. The number of hydrogen-bond acceptors (Lipinski definition) is 6. The van der Waals surface area contributed by atoms with E-state index >= 15 is 0 Å². The van der Waals surface area contributed by atoms with Crippen LogP contribution in [0.1, 0.15) is 19.4 Å². The van der Waals surface area contributed by atoms with E-state index in [-0.39, 0.29) is 29.6 Å². The predicted octanol–water partition coefficient (Wildman–Crippen LogP) is 0.668. The average Bonchev–Trinajstić information content (AvgIpc) is 2.87. The number of carbonyl (C=O) groups is 2. The minimum absolute atomic E-state index is 0.169. The molecule has 0 saturated carbocycles. The van der Waals surface area contributed by atoms with E-state index in [1.807, 2.05) is 65.3 Å². The monoisotopic (exact) mass is 419 g/mol. The lowest BCUT2D eigenvalue weighted by Gasteiger charge is -2.42. The first-order valence-electron chi connectivity index (χ1n) is 9.74. The zero-order valence-electron chi connectivity index (χ0n) is 17.6. The van der Waals surface area contributed by atoms with Crippen LogP contribution in [0.5, 0.6) is 0 Å². The van der Waals surface area contributed by atoms with Gasteiger partial charge in [0.2, 0.25) is 0 Å². The summed E-state index contributed by atoms with van der Waals surface area (Å²) in [5.41, 5.74) is 0.864. The van der Waals surface area contributed by atoms with E-state index in [0.717, 1.165) is 5.56 Å². The molecule has 3 rings (SSSR count). The third kappa shape index (κ3) is 4.75. The fourth-order valence-electron chi connectivity index (χ4n) is 3.56. The average molecular weight is 420 g/mol. The molecule has 29 heavy (non-hydrogen) atoms. The van der Waals surface area contributed by atoms with Crippen LogP contribution in [-0.4, -0.2) is 83.7 Å². The van der Waals surface area contributed by atoms with Crippen molar-refractivity contribution >= 4 is 29.5 Å². The van der Waals surface area contributed by atoms with Crippen LogP contribution in [0.3, 0.4) is 0 Å². The first-order chi connectivity index (χ1) is 13.5. The van der Waals surface area contributed by atoms with Crippen molar-refractivity contribution in [2.75, 3.05) is 34.3 Å². The Morgan fingerprint density at radius 1 is 1.28 bits per heavy atom. The van der Waals surface area contributed by atoms with Crippen LogP contribution >= 0.6 is 11.8 Å². The summed E-state index contributed by atoms with van der Waals surface area (Å²) in [6.07, 6.45) is 0.169. The number of carbonyl (C=O) groups excluding carboxylic acids is 2. The SMILES string of the molecule is CC1(C)SC2C(N=C([O-])Cc3ccccc3)C(=O)N2C1C(=O)OCC[N+](C)(C)C. The van der Waals surface area contributed by atoms with Crippen LogP contribution in [0, 0.1) is 0 Å². The molecule has 7 nitrogen and oxygen atoms in total. The Balaban J connectivity index is 1.66. The van der Waals surface area contributed by atoms with Crippen LogP contribution in [0.25, 0.3) is 0 Å². The molecule has 2 fully saturated rings. The number of β-lactam (4-membered cyclic amide) rings is 1. The highest BCUT2D eigenvalue weighted by atomic mass is 32.2. The Labute approximate surface area is 176 Å². The van der Waals surface area contributed by atoms with Crippen LogP contribution in [0.2, 0.25) is 0 Å². The molecule has 0 bridgehead atoms. The van der Waals surface area contributed by atoms with Crippen molar-refractivity contribution in [2.24, 2.45) is 4.99 Å². The molecule has 1 amide bonds. The lowest BCUT2D eigenvalue weighted by molar-refractivity contribution is -0.870. The number of hydrogen-bond donors (Lipinski definition) is 0. The second kappa shape index (κ2) is 7.99. The maximum atomic E-state index is 12.7. The van der Waals surface area contributed by atoms with Gasteiger partial charge in [0.25, 0.3) is 5.91 Å². The van der Waals surface area contributed by atoms with E-state index in [0.29, 0.717) is 17.6 Å². The van der Waals surface area contributed by atoms with Gasteiger partial charge in [0.15, 0.2) is 6.04 Å². The zero-order chi connectivity index (χ0) is 21.4. The molecule has 2 heterocycles. The van der Waals surface area contributed by atoms with Crippen molar-refractivity contribution < 1.29 is 23.9 Å². The zero-order valence-corrected chi connectivity index (χ0v) is 18.4. The molecule has 1 aromatic rings. The number of rotatable bonds is 7. The second-order valence-corrected chi connectivity index (χ2v) is 10.8. The largest absolute Gasteiger partial charge is 0.862 e. The van der Waals surface area contributed by atoms with E-state index in [2.05, 4.69) is 4.99 Å². The van der Waals surface area contributed by atoms with Gasteiger partial charge in [-0.2, -0.15) is 0 Å². The molecular formula is C21H29N3O4S. The molecule has 3 unspecified atom stereocenters. The summed E-state index contributed by atoms with van der Waals surface area (Å²) in [5, 5.41) is 12.0. The molecule has 0 spiro atoms. The summed E-state index contributed by atoms with van der Waals surface area (Å²) in [5.74, 6) is -0.981. The van der Waals surface area contributed by atoms with E-state index in [1.54, 1.807) is 4.90 Å². The minimum atomic E-state index is -0.723. The molecule has 158 valence electrons. The topological polar surface area (TPSA) is 82.0 Å². The van der Waals surface area contributed by atoms with E-state index in [9.17, 15) is 14.7 Å². The molecule has 3 atom stereocenters. The summed E-state index contributed by atoms with van der Waals surface area (Å²) in [6, 6.07) is 7.95. The van der Waals surface area contributed by atoms with Crippen LogP contribution in [0.4, 0.5) is 0 Å². The lowest BCUT2D eigenvalue weighted by Crippen LogP contribution is -2.65. The highest BCUT2D eigenvalue weighted by Gasteiger charge is 2.64. The second-order valence-electron chi connectivity index (χ2n) is 9.07. The maximum absolute atomic E-state index is 12.7. The van der Waals surface area contributed by atoms with E-state index in [1.165, 1.54) is 11.8 Å². The number of quaternary nitrogens is 1. The molecule has 0 aromatic heterocycles. The summed E-state index contributed by atoms with van der Waals surface area (Å²) >= 11 is 1.51. The minimum Gasteiger partial charge on any atom is -0.862 e. The number of amides is 1. The summed E-state index contributed by atoms with van der Waals surface area (Å²) in [4.78, 5) is 31.1. The molecule has 0 aliphatic carbocycles.